The van der Waals surface area contributed by atoms with Gasteiger partial charge in [-0.15, -0.1) is 0 Å². The molecule has 1 heterocycles. The number of hydrogen-bond donors (Lipinski definition) is 0. The van der Waals surface area contributed by atoms with Gasteiger partial charge in [0.2, 0.25) is 5.91 Å². The molecular weight excluding hydrogens is 254 g/mol. The molecule has 2 nitrogen and oxygen atoms in total. The average molecular weight is 266 g/mol. The molecule has 0 bridgehead atoms. The number of halogens is 1. The molecule has 78 valence electrons. The summed E-state index contributed by atoms with van der Waals surface area (Å²) in [5, 5.41) is 0. The summed E-state index contributed by atoms with van der Waals surface area (Å²) in [6, 6.07) is 8.22. The fraction of sp³-hybridized carbons (Fsp3) is 0.250. The van der Waals surface area contributed by atoms with Gasteiger partial charge in [0.05, 0.1) is 6.04 Å². The largest absolute Gasteiger partial charge is 0.335 e. The van der Waals surface area contributed by atoms with E-state index in [0.717, 1.165) is 16.5 Å². The lowest BCUT2D eigenvalue weighted by Gasteiger charge is -2.19. The first-order chi connectivity index (χ1) is 7.09. The molecule has 0 spiro atoms. The Hall–Kier alpha value is -1.09. The second kappa shape index (κ2) is 3.81. The molecule has 0 N–H and O–H groups in total. The van der Waals surface area contributed by atoms with Crippen molar-refractivity contribution in [2.75, 3.05) is 7.05 Å². The molecule has 1 unspecified atom stereocenters. The molecule has 0 aliphatic carbocycles. The highest BCUT2D eigenvalue weighted by Crippen LogP contribution is 2.34. The van der Waals surface area contributed by atoms with Gasteiger partial charge in [-0.2, -0.15) is 0 Å². The molecular formula is C12H12BrNO. The normalized spacial score (nSPS) is 21.2. The van der Waals surface area contributed by atoms with Crippen LogP contribution in [0.4, 0.5) is 0 Å². The van der Waals surface area contributed by atoms with Gasteiger partial charge in [0.1, 0.15) is 0 Å². The number of nitrogens with zero attached hydrogens (tertiary/aromatic N) is 1. The summed E-state index contributed by atoms with van der Waals surface area (Å²) in [5.74, 6) is 0.0583. The lowest BCUT2D eigenvalue weighted by Crippen LogP contribution is -2.22. The second-order valence-corrected chi connectivity index (χ2v) is 4.71. The Kier molecular flexibility index (Phi) is 2.65. The summed E-state index contributed by atoms with van der Waals surface area (Å²) < 4.78 is 1.05. The maximum atomic E-state index is 11.6. The van der Waals surface area contributed by atoms with Gasteiger partial charge in [-0.1, -0.05) is 34.6 Å². The summed E-state index contributed by atoms with van der Waals surface area (Å²) in [5.41, 5.74) is 1.86. The van der Waals surface area contributed by atoms with Crippen LogP contribution < -0.4 is 0 Å². The summed E-state index contributed by atoms with van der Waals surface area (Å²) in [4.78, 5) is 13.3. The van der Waals surface area contributed by atoms with Gasteiger partial charge in [0.25, 0.3) is 0 Å². The van der Waals surface area contributed by atoms with Crippen molar-refractivity contribution in [2.24, 2.45) is 0 Å². The van der Waals surface area contributed by atoms with Crippen molar-refractivity contribution < 1.29 is 4.79 Å². The highest BCUT2D eigenvalue weighted by molar-refractivity contribution is 9.10. The second-order valence-electron chi connectivity index (χ2n) is 3.79. The molecule has 1 amide bonds. The van der Waals surface area contributed by atoms with E-state index in [1.807, 2.05) is 31.3 Å². The van der Waals surface area contributed by atoms with Crippen LogP contribution in [-0.2, 0) is 4.79 Å². The number of carbonyl (C=O) groups excluding carboxylic acids is 1. The maximum Gasteiger partial charge on any atom is 0.249 e. The standard InChI is InChI=1S/C12H12BrNO/c1-8-7-11(14(2)12(8)15)9-3-5-10(13)6-4-9/h3-6,11H,1,7H2,2H3. The van der Waals surface area contributed by atoms with Crippen molar-refractivity contribution in [3.8, 4) is 0 Å². The minimum atomic E-state index is 0.0583. The molecule has 1 saturated heterocycles. The van der Waals surface area contributed by atoms with Gasteiger partial charge < -0.3 is 4.90 Å². The smallest absolute Gasteiger partial charge is 0.249 e. The first-order valence-corrected chi connectivity index (χ1v) is 5.59. The summed E-state index contributed by atoms with van der Waals surface area (Å²) >= 11 is 3.39. The van der Waals surface area contributed by atoms with E-state index in [2.05, 4.69) is 22.5 Å². The Morgan fingerprint density at radius 1 is 1.40 bits per heavy atom. The Labute approximate surface area is 97.7 Å². The SMILES string of the molecule is C=C1CC(c2ccc(Br)cc2)N(C)C1=O. The van der Waals surface area contributed by atoms with Crippen LogP contribution in [0.5, 0.6) is 0 Å². The minimum Gasteiger partial charge on any atom is -0.335 e. The third-order valence-electron chi connectivity index (χ3n) is 2.78. The van der Waals surface area contributed by atoms with Gasteiger partial charge in [-0.3, -0.25) is 4.79 Å². The first kappa shape index (κ1) is 10.4. The third kappa shape index (κ3) is 1.84. The van der Waals surface area contributed by atoms with Gasteiger partial charge in [-0.25, -0.2) is 0 Å². The van der Waals surface area contributed by atoms with E-state index in [1.54, 1.807) is 4.90 Å². The van der Waals surface area contributed by atoms with Crippen LogP contribution in [0.15, 0.2) is 40.9 Å². The van der Waals surface area contributed by atoms with Crippen LogP contribution in [0, 0.1) is 0 Å². The van der Waals surface area contributed by atoms with Crippen molar-refractivity contribution >= 4 is 21.8 Å². The van der Waals surface area contributed by atoms with Gasteiger partial charge in [-0.05, 0) is 17.7 Å². The number of benzene rings is 1. The molecule has 0 radical (unpaired) electrons. The predicted molar refractivity (Wildman–Crippen MR) is 63.4 cm³/mol. The Morgan fingerprint density at radius 3 is 2.47 bits per heavy atom. The molecule has 1 aliphatic heterocycles. The van der Waals surface area contributed by atoms with Crippen molar-refractivity contribution in [2.45, 2.75) is 12.5 Å². The van der Waals surface area contributed by atoms with E-state index < -0.39 is 0 Å². The van der Waals surface area contributed by atoms with E-state index in [9.17, 15) is 4.79 Å². The molecule has 1 fully saturated rings. The topological polar surface area (TPSA) is 20.3 Å². The lowest BCUT2D eigenvalue weighted by molar-refractivity contribution is -0.124. The van der Waals surface area contributed by atoms with Crippen molar-refractivity contribution in [3.63, 3.8) is 0 Å². The number of carbonyl (C=O) groups is 1. The Balaban J connectivity index is 2.29. The molecule has 15 heavy (non-hydrogen) atoms. The highest BCUT2D eigenvalue weighted by atomic mass is 79.9. The molecule has 1 aromatic carbocycles. The van der Waals surface area contributed by atoms with E-state index >= 15 is 0 Å². The quantitative estimate of drug-likeness (QED) is 0.716. The highest BCUT2D eigenvalue weighted by Gasteiger charge is 2.31. The van der Waals surface area contributed by atoms with Crippen LogP contribution in [0.2, 0.25) is 0 Å². The van der Waals surface area contributed by atoms with Crippen LogP contribution >= 0.6 is 15.9 Å². The molecule has 1 aromatic rings. The summed E-state index contributed by atoms with van der Waals surface area (Å²) in [7, 11) is 1.83. The molecule has 0 saturated carbocycles. The number of amides is 1. The molecule has 2 rings (SSSR count). The number of likely N-dealkylation sites (tertiary alicyclic amines) is 1. The van der Waals surface area contributed by atoms with E-state index in [0.29, 0.717) is 5.57 Å². The fourth-order valence-corrected chi connectivity index (χ4v) is 2.14. The zero-order chi connectivity index (χ0) is 11.0. The fourth-order valence-electron chi connectivity index (χ4n) is 1.87. The van der Waals surface area contributed by atoms with Crippen LogP contribution in [-0.4, -0.2) is 17.9 Å². The van der Waals surface area contributed by atoms with E-state index in [1.165, 1.54) is 0 Å². The number of hydrogen-bond acceptors (Lipinski definition) is 1. The van der Waals surface area contributed by atoms with Gasteiger partial charge in [0, 0.05) is 23.5 Å². The minimum absolute atomic E-state index is 0.0583. The maximum absolute atomic E-state index is 11.6. The lowest BCUT2D eigenvalue weighted by atomic mass is 10.0. The van der Waals surface area contributed by atoms with Crippen molar-refractivity contribution in [1.29, 1.82) is 0 Å². The van der Waals surface area contributed by atoms with Crippen molar-refractivity contribution in [3.05, 3.63) is 46.5 Å². The predicted octanol–water partition coefficient (Wildman–Crippen LogP) is 2.91. The van der Waals surface area contributed by atoms with Crippen LogP contribution in [0.25, 0.3) is 0 Å². The molecule has 0 aromatic heterocycles. The van der Waals surface area contributed by atoms with Gasteiger partial charge >= 0.3 is 0 Å². The Morgan fingerprint density at radius 2 is 2.00 bits per heavy atom. The molecule has 1 atom stereocenters. The molecule has 3 heteroatoms. The van der Waals surface area contributed by atoms with Crippen molar-refractivity contribution in [1.82, 2.24) is 4.90 Å². The zero-order valence-corrected chi connectivity index (χ0v) is 10.1. The van der Waals surface area contributed by atoms with Crippen LogP contribution in [0.1, 0.15) is 18.0 Å². The molecule has 1 aliphatic rings. The summed E-state index contributed by atoms with van der Waals surface area (Å²) in [6.07, 6.45) is 0.733. The third-order valence-corrected chi connectivity index (χ3v) is 3.31. The van der Waals surface area contributed by atoms with Crippen LogP contribution in [0.3, 0.4) is 0 Å². The van der Waals surface area contributed by atoms with Gasteiger partial charge in [0.15, 0.2) is 0 Å². The summed E-state index contributed by atoms with van der Waals surface area (Å²) in [6.45, 7) is 3.78. The number of likely N-dealkylation sites (N-methyl/N-ethyl adjacent to an activating group) is 1. The average Bonchev–Trinajstić information content (AvgIpc) is 2.47. The zero-order valence-electron chi connectivity index (χ0n) is 8.53. The van der Waals surface area contributed by atoms with E-state index in [-0.39, 0.29) is 11.9 Å². The van der Waals surface area contributed by atoms with E-state index in [4.69, 9.17) is 0 Å². The Bertz CT molecular complexity index is 410. The monoisotopic (exact) mass is 265 g/mol. The first-order valence-electron chi connectivity index (χ1n) is 4.80. The number of rotatable bonds is 1.